The molecule has 1 spiro atoms. The van der Waals surface area contributed by atoms with Crippen LogP contribution in [0.5, 0.6) is 5.75 Å². The van der Waals surface area contributed by atoms with Gasteiger partial charge in [-0.2, -0.15) is 0 Å². The van der Waals surface area contributed by atoms with Gasteiger partial charge in [0.25, 0.3) is 11.8 Å². The van der Waals surface area contributed by atoms with Crippen LogP contribution in [-0.2, 0) is 4.74 Å². The molecule has 2 saturated heterocycles. The summed E-state index contributed by atoms with van der Waals surface area (Å²) in [5.41, 5.74) is 2.28. The lowest BCUT2D eigenvalue weighted by molar-refractivity contribution is 0.0303. The van der Waals surface area contributed by atoms with Gasteiger partial charge in [-0.25, -0.2) is 0 Å². The maximum absolute atomic E-state index is 13.6. The average Bonchev–Trinajstić information content (AvgIpc) is 3.68. The van der Waals surface area contributed by atoms with Crippen LogP contribution in [0.15, 0.2) is 59.3 Å². The lowest BCUT2D eigenvalue weighted by Gasteiger charge is -2.42. The molecule has 1 aromatic heterocycles. The molecular formula is C32H36ClN3O5. The highest BCUT2D eigenvalue weighted by Gasteiger charge is 2.38. The van der Waals surface area contributed by atoms with E-state index in [-0.39, 0.29) is 23.3 Å². The number of amides is 2. The van der Waals surface area contributed by atoms with Gasteiger partial charge in [0, 0.05) is 42.2 Å². The molecule has 9 heteroatoms. The smallest absolute Gasteiger partial charge is 0.259 e. The molecule has 2 fully saturated rings. The molecule has 4 heterocycles. The molecule has 0 unspecified atom stereocenters. The van der Waals surface area contributed by atoms with Crippen LogP contribution in [0, 0.1) is 5.41 Å². The van der Waals surface area contributed by atoms with Crippen LogP contribution in [0.3, 0.4) is 0 Å². The van der Waals surface area contributed by atoms with Gasteiger partial charge in [-0.1, -0.05) is 47.4 Å². The Balaban J connectivity index is 1.18. The van der Waals surface area contributed by atoms with Crippen LogP contribution >= 0.6 is 11.6 Å². The number of fused-ring (bicyclic) bond motifs is 2. The highest BCUT2D eigenvalue weighted by Crippen LogP contribution is 2.39. The number of ether oxygens (including phenoxy) is 2. The molecule has 2 aromatic carbocycles. The summed E-state index contributed by atoms with van der Waals surface area (Å²) in [5, 5.41) is 4.73. The van der Waals surface area contributed by atoms with E-state index in [1.165, 1.54) is 6.26 Å². The Kier molecular flexibility index (Phi) is 8.30. The second-order valence-electron chi connectivity index (χ2n) is 11.5. The number of hydrogen-bond donors (Lipinski definition) is 0. The second-order valence-corrected chi connectivity index (χ2v) is 11.9. The number of hydrogen-bond acceptors (Lipinski definition) is 6. The summed E-state index contributed by atoms with van der Waals surface area (Å²) in [6.07, 6.45) is 8.00. The molecule has 3 aliphatic rings. The number of carbonyl (C=O) groups is 2. The highest BCUT2D eigenvalue weighted by molar-refractivity contribution is 6.30. The summed E-state index contributed by atoms with van der Waals surface area (Å²) in [6, 6.07) is 14.9. The average molecular weight is 578 g/mol. The van der Waals surface area contributed by atoms with E-state index in [1.807, 2.05) is 46.2 Å². The number of benzene rings is 2. The Morgan fingerprint density at radius 3 is 2.61 bits per heavy atom. The van der Waals surface area contributed by atoms with Crippen LogP contribution in [0.1, 0.15) is 65.7 Å². The molecule has 1 atom stereocenters. The van der Waals surface area contributed by atoms with Crippen molar-refractivity contribution < 1.29 is 23.6 Å². The van der Waals surface area contributed by atoms with Crippen LogP contribution in [0.4, 0.5) is 0 Å². The number of para-hydroxylation sites is 1. The number of halogens is 1. The van der Waals surface area contributed by atoms with E-state index in [1.54, 1.807) is 12.1 Å². The number of piperidine rings is 1. The van der Waals surface area contributed by atoms with Crippen molar-refractivity contribution in [2.45, 2.75) is 51.0 Å². The van der Waals surface area contributed by atoms with Crippen molar-refractivity contribution in [2.75, 3.05) is 39.5 Å². The second kappa shape index (κ2) is 12.2. The molecule has 0 radical (unpaired) electrons. The van der Waals surface area contributed by atoms with Gasteiger partial charge in [-0.05, 0) is 62.8 Å². The van der Waals surface area contributed by atoms with Gasteiger partial charge in [0.2, 0.25) is 0 Å². The molecular weight excluding hydrogens is 542 g/mol. The fourth-order valence-electron chi connectivity index (χ4n) is 6.38. The molecule has 6 rings (SSSR count). The zero-order valence-electron chi connectivity index (χ0n) is 23.2. The molecule has 0 aliphatic carbocycles. The Bertz CT molecular complexity index is 1370. The Labute approximate surface area is 245 Å². The molecule has 3 aromatic rings. The third-order valence-electron chi connectivity index (χ3n) is 8.87. The van der Waals surface area contributed by atoms with Gasteiger partial charge < -0.3 is 23.8 Å². The molecule has 216 valence electrons. The summed E-state index contributed by atoms with van der Waals surface area (Å²) < 4.78 is 17.8. The SMILES string of the molecule is O=C(c1conc1-c1ccc(Cl)cc1)N1CCC2(CCCCOC[C@@H]3CCCN3C(=O)c3ccccc3OC2)CC1. The van der Waals surface area contributed by atoms with Crippen molar-refractivity contribution in [3.05, 3.63) is 70.9 Å². The van der Waals surface area contributed by atoms with Crippen LogP contribution in [-0.4, -0.2) is 72.3 Å². The van der Waals surface area contributed by atoms with E-state index in [2.05, 4.69) is 5.16 Å². The number of nitrogens with zero attached hydrogens (tertiary/aromatic N) is 3. The van der Waals surface area contributed by atoms with Gasteiger partial charge in [0.15, 0.2) is 0 Å². The summed E-state index contributed by atoms with van der Waals surface area (Å²) in [6.45, 7) is 3.75. The summed E-state index contributed by atoms with van der Waals surface area (Å²) in [5.74, 6) is 0.567. The molecule has 2 amide bonds. The minimum absolute atomic E-state index is 0.0171. The van der Waals surface area contributed by atoms with Crippen molar-refractivity contribution >= 4 is 23.4 Å². The van der Waals surface area contributed by atoms with Crippen LogP contribution < -0.4 is 4.74 Å². The van der Waals surface area contributed by atoms with Gasteiger partial charge in [-0.3, -0.25) is 9.59 Å². The first kappa shape index (κ1) is 27.8. The lowest BCUT2D eigenvalue weighted by atomic mass is 9.75. The normalized spacial score (nSPS) is 21.6. The number of likely N-dealkylation sites (tertiary alicyclic amines) is 1. The first-order chi connectivity index (χ1) is 20.0. The lowest BCUT2D eigenvalue weighted by Crippen LogP contribution is -2.45. The maximum Gasteiger partial charge on any atom is 0.259 e. The third-order valence-corrected chi connectivity index (χ3v) is 9.13. The fourth-order valence-corrected chi connectivity index (χ4v) is 6.51. The molecule has 0 saturated carbocycles. The minimum Gasteiger partial charge on any atom is -0.492 e. The van der Waals surface area contributed by atoms with E-state index in [4.69, 9.17) is 25.6 Å². The van der Waals surface area contributed by atoms with Gasteiger partial charge in [-0.15, -0.1) is 0 Å². The van der Waals surface area contributed by atoms with E-state index < -0.39 is 0 Å². The zero-order valence-corrected chi connectivity index (χ0v) is 24.0. The van der Waals surface area contributed by atoms with E-state index in [0.29, 0.717) is 60.5 Å². The van der Waals surface area contributed by atoms with Crippen molar-refractivity contribution in [1.82, 2.24) is 15.0 Å². The maximum atomic E-state index is 13.6. The van der Waals surface area contributed by atoms with Crippen LogP contribution in [0.25, 0.3) is 11.3 Å². The third kappa shape index (κ3) is 5.99. The summed E-state index contributed by atoms with van der Waals surface area (Å²) in [7, 11) is 0. The largest absolute Gasteiger partial charge is 0.492 e. The molecule has 8 nitrogen and oxygen atoms in total. The topological polar surface area (TPSA) is 85.1 Å². The van der Waals surface area contributed by atoms with E-state index in [9.17, 15) is 9.59 Å². The Hall–Kier alpha value is -3.36. The minimum atomic E-state index is -0.0963. The number of carbonyl (C=O) groups excluding carboxylic acids is 2. The first-order valence-electron chi connectivity index (χ1n) is 14.6. The summed E-state index contributed by atoms with van der Waals surface area (Å²) in [4.78, 5) is 31.0. The van der Waals surface area contributed by atoms with E-state index >= 15 is 0 Å². The fraction of sp³-hybridized carbons (Fsp3) is 0.469. The van der Waals surface area contributed by atoms with Crippen molar-refractivity contribution in [3.63, 3.8) is 0 Å². The van der Waals surface area contributed by atoms with Crippen LogP contribution in [0.2, 0.25) is 5.02 Å². The number of aromatic nitrogens is 1. The Morgan fingerprint density at radius 2 is 1.78 bits per heavy atom. The van der Waals surface area contributed by atoms with Crippen molar-refractivity contribution in [1.29, 1.82) is 0 Å². The Morgan fingerprint density at radius 1 is 0.976 bits per heavy atom. The van der Waals surface area contributed by atoms with Crippen molar-refractivity contribution in [2.24, 2.45) is 5.41 Å². The van der Waals surface area contributed by atoms with Gasteiger partial charge in [0.05, 0.1) is 24.8 Å². The van der Waals surface area contributed by atoms with Gasteiger partial charge in [0.1, 0.15) is 23.3 Å². The molecule has 41 heavy (non-hydrogen) atoms. The quantitative estimate of drug-likeness (QED) is 0.366. The number of rotatable bonds is 2. The van der Waals surface area contributed by atoms with Crippen molar-refractivity contribution in [3.8, 4) is 17.0 Å². The standard InChI is InChI=1S/C32H36ClN3O5/c33-24-11-9-23(10-12-24)29-27(21-41-34-29)30(37)35-17-14-32(15-18-35)13-3-4-19-39-20-25-6-5-16-36(25)31(38)26-7-1-2-8-28(26)40-22-32/h1-2,7-12,21,25H,3-6,13-20,22H2/t25-/m0/s1. The van der Waals surface area contributed by atoms with Gasteiger partial charge >= 0.3 is 0 Å². The van der Waals surface area contributed by atoms with E-state index in [0.717, 1.165) is 57.1 Å². The predicted octanol–water partition coefficient (Wildman–Crippen LogP) is 6.10. The monoisotopic (exact) mass is 577 g/mol. The summed E-state index contributed by atoms with van der Waals surface area (Å²) >= 11 is 6.04. The molecule has 3 aliphatic heterocycles. The predicted molar refractivity (Wildman–Crippen MR) is 155 cm³/mol. The first-order valence-corrected chi connectivity index (χ1v) is 15.0. The zero-order chi connectivity index (χ0) is 28.2. The molecule has 0 N–H and O–H groups in total. The highest BCUT2D eigenvalue weighted by atomic mass is 35.5. The molecule has 0 bridgehead atoms.